The van der Waals surface area contributed by atoms with Crippen molar-refractivity contribution < 1.29 is 0 Å². The van der Waals surface area contributed by atoms with Gasteiger partial charge in [-0.2, -0.15) is 0 Å². The van der Waals surface area contributed by atoms with Crippen LogP contribution in [0.5, 0.6) is 0 Å². The van der Waals surface area contributed by atoms with Gasteiger partial charge in [0.25, 0.3) is 0 Å². The van der Waals surface area contributed by atoms with Crippen LogP contribution in [0.25, 0.3) is 0 Å². The van der Waals surface area contributed by atoms with E-state index in [1.54, 1.807) is 6.20 Å². The maximum atomic E-state index is 5.44. The third-order valence-electron chi connectivity index (χ3n) is 2.13. The lowest BCUT2D eigenvalue weighted by Gasteiger charge is -2.10. The van der Waals surface area contributed by atoms with Crippen molar-refractivity contribution in [3.05, 3.63) is 30.1 Å². The van der Waals surface area contributed by atoms with E-state index >= 15 is 0 Å². The minimum Gasteiger partial charge on any atom is -0.376 e. The van der Waals surface area contributed by atoms with Crippen molar-refractivity contribution in [2.45, 2.75) is 19.8 Å². The average molecular weight is 265 g/mol. The third-order valence-corrected chi connectivity index (χ3v) is 2.24. The van der Waals surface area contributed by atoms with Gasteiger partial charge < -0.3 is 16.4 Å². The Kier molecular flexibility index (Phi) is 6.71. The van der Waals surface area contributed by atoms with Crippen molar-refractivity contribution in [3.63, 3.8) is 0 Å². The number of aromatic nitrogens is 1. The van der Waals surface area contributed by atoms with Gasteiger partial charge >= 0.3 is 0 Å². The number of guanidine groups is 1. The molecule has 0 aliphatic rings. The van der Waals surface area contributed by atoms with Crippen molar-refractivity contribution in [1.29, 1.82) is 0 Å². The van der Waals surface area contributed by atoms with Gasteiger partial charge in [-0.25, -0.2) is 0 Å². The van der Waals surface area contributed by atoms with Gasteiger partial charge in [-0.15, -0.1) is 0 Å². The Morgan fingerprint density at radius 1 is 1.50 bits per heavy atom. The fourth-order valence-corrected chi connectivity index (χ4v) is 1.43. The second-order valence-electron chi connectivity index (χ2n) is 3.72. The van der Waals surface area contributed by atoms with Crippen LogP contribution < -0.4 is 16.4 Å². The Balaban J connectivity index is 2.39. The van der Waals surface area contributed by atoms with Gasteiger partial charge in [-0.1, -0.05) is 13.0 Å². The topological polar surface area (TPSA) is 75.3 Å². The molecule has 0 bridgehead atoms. The Morgan fingerprint density at radius 3 is 2.94 bits per heavy atom. The van der Waals surface area contributed by atoms with Crippen molar-refractivity contribution in [3.8, 4) is 0 Å². The SMILES string of the molecule is CCCN=C(NCCc1ccccn1)NC(N)=S. The van der Waals surface area contributed by atoms with Crippen LogP contribution in [0.4, 0.5) is 0 Å². The van der Waals surface area contributed by atoms with E-state index in [0.717, 1.165) is 31.6 Å². The standard InChI is InChI=1S/C12H19N5S/c1-2-7-15-12(17-11(13)18)16-9-6-10-5-3-4-8-14-10/h3-5,8H,2,6-7,9H2,1H3,(H4,13,15,16,17,18). The number of nitrogens with zero attached hydrogens (tertiary/aromatic N) is 2. The zero-order valence-corrected chi connectivity index (χ0v) is 11.3. The number of hydrogen-bond acceptors (Lipinski definition) is 3. The molecular formula is C12H19N5S. The molecule has 4 N–H and O–H groups in total. The first-order valence-corrected chi connectivity index (χ1v) is 6.38. The second kappa shape index (κ2) is 8.41. The molecule has 0 saturated carbocycles. The van der Waals surface area contributed by atoms with E-state index in [-0.39, 0.29) is 5.11 Å². The molecule has 0 aliphatic heterocycles. The Bertz CT molecular complexity index is 391. The molecule has 0 spiro atoms. The highest BCUT2D eigenvalue weighted by Crippen LogP contribution is 1.93. The van der Waals surface area contributed by atoms with Crippen molar-refractivity contribution in [2.75, 3.05) is 13.1 Å². The molecule has 0 amide bonds. The van der Waals surface area contributed by atoms with E-state index in [2.05, 4.69) is 27.5 Å². The smallest absolute Gasteiger partial charge is 0.197 e. The summed E-state index contributed by atoms with van der Waals surface area (Å²) in [5, 5.41) is 6.21. The molecule has 1 heterocycles. The average Bonchev–Trinajstić information content (AvgIpc) is 2.36. The first kappa shape index (κ1) is 14.4. The van der Waals surface area contributed by atoms with Crippen LogP contribution >= 0.6 is 12.2 Å². The quantitative estimate of drug-likeness (QED) is 0.417. The molecule has 0 unspecified atom stereocenters. The van der Waals surface area contributed by atoms with E-state index in [0.29, 0.717) is 5.96 Å². The summed E-state index contributed by atoms with van der Waals surface area (Å²) in [5.41, 5.74) is 6.47. The van der Waals surface area contributed by atoms with Crippen molar-refractivity contribution >= 4 is 23.3 Å². The highest BCUT2D eigenvalue weighted by molar-refractivity contribution is 7.80. The van der Waals surface area contributed by atoms with Gasteiger partial charge in [0.15, 0.2) is 11.1 Å². The highest BCUT2D eigenvalue weighted by Gasteiger charge is 1.99. The molecule has 1 rings (SSSR count). The summed E-state index contributed by atoms with van der Waals surface area (Å²) in [6.45, 7) is 3.53. The van der Waals surface area contributed by atoms with Gasteiger partial charge in [0, 0.05) is 31.4 Å². The largest absolute Gasteiger partial charge is 0.376 e. The Labute approximate surface area is 113 Å². The lowest BCUT2D eigenvalue weighted by Crippen LogP contribution is -2.44. The minimum absolute atomic E-state index is 0.218. The summed E-state index contributed by atoms with van der Waals surface area (Å²) in [4.78, 5) is 8.57. The molecule has 0 fully saturated rings. The number of rotatable bonds is 5. The second-order valence-corrected chi connectivity index (χ2v) is 4.16. The number of aliphatic imine (C=N–C) groups is 1. The van der Waals surface area contributed by atoms with Gasteiger partial charge in [-0.3, -0.25) is 9.98 Å². The van der Waals surface area contributed by atoms with Gasteiger partial charge in [0.05, 0.1) is 0 Å². The maximum Gasteiger partial charge on any atom is 0.197 e. The molecule has 0 saturated heterocycles. The molecule has 1 aromatic heterocycles. The van der Waals surface area contributed by atoms with Gasteiger partial charge in [0.1, 0.15) is 0 Å². The molecule has 6 heteroatoms. The van der Waals surface area contributed by atoms with Crippen LogP contribution in [0.1, 0.15) is 19.0 Å². The summed E-state index contributed by atoms with van der Waals surface area (Å²) in [7, 11) is 0. The number of hydrogen-bond donors (Lipinski definition) is 3. The van der Waals surface area contributed by atoms with Gasteiger partial charge in [0.2, 0.25) is 0 Å². The molecule has 18 heavy (non-hydrogen) atoms. The number of nitrogens with two attached hydrogens (primary N) is 1. The zero-order valence-electron chi connectivity index (χ0n) is 10.5. The van der Waals surface area contributed by atoms with Crippen LogP contribution in [0.15, 0.2) is 29.4 Å². The van der Waals surface area contributed by atoms with E-state index in [9.17, 15) is 0 Å². The molecule has 1 aromatic rings. The summed E-state index contributed by atoms with van der Waals surface area (Å²) in [6, 6.07) is 5.87. The van der Waals surface area contributed by atoms with Crippen LogP contribution in [0.3, 0.4) is 0 Å². The van der Waals surface area contributed by atoms with Crippen molar-refractivity contribution in [1.82, 2.24) is 15.6 Å². The predicted molar refractivity (Wildman–Crippen MR) is 78.5 cm³/mol. The summed E-state index contributed by atoms with van der Waals surface area (Å²) in [6.07, 6.45) is 3.59. The highest BCUT2D eigenvalue weighted by atomic mass is 32.1. The van der Waals surface area contributed by atoms with E-state index in [1.165, 1.54) is 0 Å². The normalized spacial score (nSPS) is 11.1. The predicted octanol–water partition coefficient (Wildman–Crippen LogP) is 0.813. The Hall–Kier alpha value is -1.69. The van der Waals surface area contributed by atoms with Crippen LogP contribution in [0, 0.1) is 0 Å². The monoisotopic (exact) mass is 265 g/mol. The molecule has 0 aliphatic carbocycles. The first-order valence-electron chi connectivity index (χ1n) is 5.97. The molecule has 98 valence electrons. The summed E-state index contributed by atoms with van der Waals surface area (Å²) < 4.78 is 0. The lowest BCUT2D eigenvalue weighted by molar-refractivity contribution is 0.813. The zero-order chi connectivity index (χ0) is 13.2. The number of thiocarbonyl (C=S) groups is 1. The summed E-state index contributed by atoms with van der Waals surface area (Å²) >= 11 is 4.80. The van der Waals surface area contributed by atoms with Crippen LogP contribution in [-0.4, -0.2) is 29.1 Å². The fraction of sp³-hybridized carbons (Fsp3) is 0.417. The molecule has 0 radical (unpaired) electrons. The maximum absolute atomic E-state index is 5.44. The van der Waals surface area contributed by atoms with E-state index in [1.807, 2.05) is 18.2 Å². The number of nitrogens with one attached hydrogen (secondary N) is 2. The molecular weight excluding hydrogens is 246 g/mol. The molecule has 5 nitrogen and oxygen atoms in total. The van der Waals surface area contributed by atoms with Gasteiger partial charge in [-0.05, 0) is 30.8 Å². The molecule has 0 atom stereocenters. The first-order chi connectivity index (χ1) is 8.72. The third kappa shape index (κ3) is 6.15. The Morgan fingerprint density at radius 2 is 2.33 bits per heavy atom. The van der Waals surface area contributed by atoms with Crippen molar-refractivity contribution in [2.24, 2.45) is 10.7 Å². The van der Waals surface area contributed by atoms with Crippen LogP contribution in [-0.2, 0) is 6.42 Å². The summed E-state index contributed by atoms with van der Waals surface area (Å²) in [5.74, 6) is 0.625. The van der Waals surface area contributed by atoms with E-state index in [4.69, 9.17) is 18.0 Å². The van der Waals surface area contributed by atoms with E-state index < -0.39 is 0 Å². The lowest BCUT2D eigenvalue weighted by atomic mass is 10.3. The fourth-order valence-electron chi connectivity index (χ4n) is 1.33. The number of pyridine rings is 1. The molecule has 0 aromatic carbocycles. The minimum atomic E-state index is 0.218. The van der Waals surface area contributed by atoms with Crippen LogP contribution in [0.2, 0.25) is 0 Å².